The molecule has 0 unspecified atom stereocenters. The molecule has 17 heavy (non-hydrogen) atoms. The first-order chi connectivity index (χ1) is 7.71. The Bertz CT molecular complexity index is 507. The van der Waals surface area contributed by atoms with Crippen molar-refractivity contribution in [3.63, 3.8) is 0 Å². The molecule has 0 saturated carbocycles. The Hall–Kier alpha value is -0.910. The van der Waals surface area contributed by atoms with Crippen LogP contribution in [0.2, 0.25) is 0 Å². The van der Waals surface area contributed by atoms with E-state index in [1.807, 2.05) is 26.8 Å². The van der Waals surface area contributed by atoms with Crippen LogP contribution in [0.15, 0.2) is 17.0 Å². The quantitative estimate of drug-likeness (QED) is 0.856. The first kappa shape index (κ1) is 14.2. The summed E-state index contributed by atoms with van der Waals surface area (Å²) in [6.45, 7) is 8.39. The van der Waals surface area contributed by atoms with E-state index in [2.05, 4.69) is 5.32 Å². The van der Waals surface area contributed by atoms with Crippen LogP contribution in [0.5, 0.6) is 0 Å². The van der Waals surface area contributed by atoms with Crippen LogP contribution in [0.25, 0.3) is 0 Å². The van der Waals surface area contributed by atoms with Crippen molar-refractivity contribution in [2.45, 2.75) is 45.2 Å². The van der Waals surface area contributed by atoms with E-state index < -0.39 is 10.0 Å². The SMILES string of the molecule is Cc1cc(CNC(C)C)cc(S(N)(=O)=O)c1C. The standard InChI is InChI=1S/C12H20N2O2S/c1-8(2)14-7-11-5-9(3)10(4)12(6-11)17(13,15)16/h5-6,8,14H,7H2,1-4H3,(H2,13,15,16). The summed E-state index contributed by atoms with van der Waals surface area (Å²) in [6, 6.07) is 3.99. The molecule has 0 fully saturated rings. The van der Waals surface area contributed by atoms with E-state index >= 15 is 0 Å². The van der Waals surface area contributed by atoms with E-state index in [9.17, 15) is 8.42 Å². The van der Waals surface area contributed by atoms with Gasteiger partial charge in [-0.15, -0.1) is 0 Å². The van der Waals surface area contributed by atoms with Gasteiger partial charge in [0.25, 0.3) is 0 Å². The average molecular weight is 256 g/mol. The van der Waals surface area contributed by atoms with Crippen LogP contribution >= 0.6 is 0 Å². The molecular formula is C12H20N2O2S. The van der Waals surface area contributed by atoms with Gasteiger partial charge >= 0.3 is 0 Å². The maximum absolute atomic E-state index is 11.5. The van der Waals surface area contributed by atoms with Gasteiger partial charge in [0.15, 0.2) is 0 Å². The van der Waals surface area contributed by atoms with Crippen molar-refractivity contribution < 1.29 is 8.42 Å². The van der Waals surface area contributed by atoms with Gasteiger partial charge in [-0.1, -0.05) is 19.9 Å². The van der Waals surface area contributed by atoms with Gasteiger partial charge in [0.05, 0.1) is 4.90 Å². The molecule has 1 aromatic carbocycles. The van der Waals surface area contributed by atoms with Crippen molar-refractivity contribution in [2.75, 3.05) is 0 Å². The summed E-state index contributed by atoms with van der Waals surface area (Å²) in [7, 11) is -3.64. The zero-order valence-corrected chi connectivity index (χ0v) is 11.6. The molecule has 0 aliphatic carbocycles. The van der Waals surface area contributed by atoms with Crippen LogP contribution in [0.1, 0.15) is 30.5 Å². The molecule has 0 heterocycles. The van der Waals surface area contributed by atoms with Crippen LogP contribution in [0.4, 0.5) is 0 Å². The van der Waals surface area contributed by atoms with E-state index in [1.54, 1.807) is 13.0 Å². The van der Waals surface area contributed by atoms with Crippen molar-refractivity contribution in [1.82, 2.24) is 5.32 Å². The van der Waals surface area contributed by atoms with Crippen molar-refractivity contribution in [2.24, 2.45) is 5.14 Å². The summed E-state index contributed by atoms with van der Waals surface area (Å²) in [5.74, 6) is 0. The smallest absolute Gasteiger partial charge is 0.238 e. The molecule has 0 bridgehead atoms. The zero-order chi connectivity index (χ0) is 13.2. The predicted molar refractivity (Wildman–Crippen MR) is 69.3 cm³/mol. The number of nitrogens with one attached hydrogen (secondary N) is 1. The second-order valence-corrected chi connectivity index (χ2v) is 6.15. The lowest BCUT2D eigenvalue weighted by atomic mass is 10.1. The van der Waals surface area contributed by atoms with Crippen LogP contribution in [0, 0.1) is 13.8 Å². The Morgan fingerprint density at radius 1 is 1.29 bits per heavy atom. The molecule has 5 heteroatoms. The molecule has 3 N–H and O–H groups in total. The van der Waals surface area contributed by atoms with Crippen LogP contribution in [-0.2, 0) is 16.6 Å². The Morgan fingerprint density at radius 2 is 1.88 bits per heavy atom. The minimum atomic E-state index is -3.64. The number of sulfonamides is 1. The third kappa shape index (κ3) is 3.80. The maximum Gasteiger partial charge on any atom is 0.238 e. The molecule has 0 amide bonds. The van der Waals surface area contributed by atoms with E-state index in [1.165, 1.54) is 0 Å². The predicted octanol–water partition coefficient (Wildman–Crippen LogP) is 1.45. The largest absolute Gasteiger partial charge is 0.310 e. The molecule has 0 saturated heterocycles. The Morgan fingerprint density at radius 3 is 2.35 bits per heavy atom. The average Bonchev–Trinajstić information content (AvgIpc) is 2.17. The molecule has 1 rings (SSSR count). The highest BCUT2D eigenvalue weighted by Gasteiger charge is 2.14. The molecule has 0 aromatic heterocycles. The number of rotatable bonds is 4. The zero-order valence-electron chi connectivity index (χ0n) is 10.7. The Labute approximate surface area is 103 Å². The van der Waals surface area contributed by atoms with Gasteiger partial charge in [-0.05, 0) is 36.6 Å². The van der Waals surface area contributed by atoms with Crippen molar-refractivity contribution in [3.05, 3.63) is 28.8 Å². The van der Waals surface area contributed by atoms with Gasteiger partial charge in [-0.25, -0.2) is 13.6 Å². The summed E-state index contributed by atoms with van der Waals surface area (Å²) in [5.41, 5.74) is 2.60. The summed E-state index contributed by atoms with van der Waals surface area (Å²) < 4.78 is 22.9. The third-order valence-corrected chi connectivity index (χ3v) is 3.74. The molecule has 0 aliphatic rings. The molecule has 0 aliphatic heterocycles. The monoisotopic (exact) mass is 256 g/mol. The van der Waals surface area contributed by atoms with E-state index in [0.717, 1.165) is 16.7 Å². The summed E-state index contributed by atoms with van der Waals surface area (Å²) >= 11 is 0. The Balaban J connectivity index is 3.16. The van der Waals surface area contributed by atoms with Gasteiger partial charge in [0.1, 0.15) is 0 Å². The molecule has 0 radical (unpaired) electrons. The normalized spacial score (nSPS) is 12.1. The topological polar surface area (TPSA) is 72.2 Å². The first-order valence-corrected chi connectivity index (χ1v) is 7.12. The van der Waals surface area contributed by atoms with Crippen molar-refractivity contribution in [1.29, 1.82) is 0 Å². The fourth-order valence-corrected chi connectivity index (χ4v) is 2.52. The highest BCUT2D eigenvalue weighted by Crippen LogP contribution is 2.20. The van der Waals surface area contributed by atoms with E-state index in [-0.39, 0.29) is 4.90 Å². The minimum absolute atomic E-state index is 0.220. The van der Waals surface area contributed by atoms with Gasteiger partial charge in [-0.2, -0.15) is 0 Å². The number of nitrogens with two attached hydrogens (primary N) is 1. The van der Waals surface area contributed by atoms with Gasteiger partial charge < -0.3 is 5.32 Å². The lowest BCUT2D eigenvalue weighted by Crippen LogP contribution is -2.22. The number of primary sulfonamides is 1. The summed E-state index contributed by atoms with van der Waals surface area (Å²) in [4.78, 5) is 0.220. The van der Waals surface area contributed by atoms with E-state index in [4.69, 9.17) is 5.14 Å². The molecule has 96 valence electrons. The van der Waals surface area contributed by atoms with Crippen molar-refractivity contribution in [3.8, 4) is 0 Å². The van der Waals surface area contributed by atoms with Gasteiger partial charge in [0, 0.05) is 12.6 Å². The lowest BCUT2D eigenvalue weighted by Gasteiger charge is -2.12. The van der Waals surface area contributed by atoms with E-state index in [0.29, 0.717) is 12.6 Å². The minimum Gasteiger partial charge on any atom is -0.310 e. The van der Waals surface area contributed by atoms with Gasteiger partial charge in [0.2, 0.25) is 10.0 Å². The number of aryl methyl sites for hydroxylation is 1. The summed E-state index contributed by atoms with van der Waals surface area (Å²) in [6.07, 6.45) is 0. The maximum atomic E-state index is 11.5. The Kier molecular flexibility index (Phi) is 4.30. The number of hydrogen-bond donors (Lipinski definition) is 2. The van der Waals surface area contributed by atoms with Crippen LogP contribution in [-0.4, -0.2) is 14.5 Å². The number of hydrogen-bond acceptors (Lipinski definition) is 3. The van der Waals surface area contributed by atoms with Crippen LogP contribution in [0.3, 0.4) is 0 Å². The van der Waals surface area contributed by atoms with Crippen LogP contribution < -0.4 is 10.5 Å². The summed E-state index contributed by atoms with van der Waals surface area (Å²) in [5, 5.41) is 8.45. The molecule has 4 nitrogen and oxygen atoms in total. The molecular weight excluding hydrogens is 236 g/mol. The number of benzene rings is 1. The van der Waals surface area contributed by atoms with Crippen molar-refractivity contribution >= 4 is 10.0 Å². The third-order valence-electron chi connectivity index (χ3n) is 2.70. The highest BCUT2D eigenvalue weighted by atomic mass is 32.2. The highest BCUT2D eigenvalue weighted by molar-refractivity contribution is 7.89. The fourth-order valence-electron chi connectivity index (χ4n) is 1.62. The second kappa shape index (κ2) is 5.16. The molecule has 1 aromatic rings. The second-order valence-electron chi connectivity index (χ2n) is 4.62. The fraction of sp³-hybridized carbons (Fsp3) is 0.500. The molecule has 0 atom stereocenters. The first-order valence-electron chi connectivity index (χ1n) is 5.58. The van der Waals surface area contributed by atoms with Gasteiger partial charge in [-0.3, -0.25) is 0 Å². The molecule has 0 spiro atoms. The lowest BCUT2D eigenvalue weighted by molar-refractivity contribution is 0.586.